The standard InChI is InChI=1S/C20H23ClN2O7S2/c1-31(26,27)23-11-10-14(12-19(23)20(24)22-25)13-32(28,29)18-8-6-17(7-9-18)30-16-4-2-15(21)3-5-16/h2-9,14,19,25H,10-13H2,1H3,(H,22,24). The molecule has 1 saturated heterocycles. The number of hydrogen-bond donors (Lipinski definition) is 2. The van der Waals surface area contributed by atoms with Crippen molar-refractivity contribution in [1.82, 2.24) is 9.79 Å². The molecule has 32 heavy (non-hydrogen) atoms. The van der Waals surface area contributed by atoms with E-state index < -0.39 is 37.7 Å². The number of rotatable bonds is 7. The van der Waals surface area contributed by atoms with Crippen LogP contribution in [0.4, 0.5) is 0 Å². The molecule has 0 aliphatic carbocycles. The molecule has 2 aromatic carbocycles. The number of piperidine rings is 1. The van der Waals surface area contributed by atoms with E-state index in [1.165, 1.54) is 29.7 Å². The molecule has 1 fully saturated rings. The molecular weight excluding hydrogens is 480 g/mol. The monoisotopic (exact) mass is 502 g/mol. The molecule has 0 aromatic heterocycles. The van der Waals surface area contributed by atoms with Gasteiger partial charge in [0.05, 0.1) is 16.9 Å². The number of hydrogen-bond acceptors (Lipinski definition) is 7. The van der Waals surface area contributed by atoms with Gasteiger partial charge in [0.1, 0.15) is 17.5 Å². The third kappa shape index (κ3) is 5.99. The van der Waals surface area contributed by atoms with Crippen LogP contribution in [0.1, 0.15) is 12.8 Å². The molecule has 3 rings (SSSR count). The van der Waals surface area contributed by atoms with Crippen molar-refractivity contribution in [3.63, 3.8) is 0 Å². The third-order valence-electron chi connectivity index (χ3n) is 5.19. The summed E-state index contributed by atoms with van der Waals surface area (Å²) in [5.74, 6) is -0.591. The minimum Gasteiger partial charge on any atom is -0.457 e. The van der Waals surface area contributed by atoms with E-state index in [4.69, 9.17) is 21.5 Å². The van der Waals surface area contributed by atoms with E-state index >= 15 is 0 Å². The highest BCUT2D eigenvalue weighted by atomic mass is 35.5. The number of halogens is 1. The molecule has 1 amide bonds. The quantitative estimate of drug-likeness (QED) is 0.439. The summed E-state index contributed by atoms with van der Waals surface area (Å²) in [6, 6.07) is 11.5. The van der Waals surface area contributed by atoms with Crippen LogP contribution in [0.2, 0.25) is 5.02 Å². The Bertz CT molecular complexity index is 1170. The maximum Gasteiger partial charge on any atom is 0.261 e. The molecule has 1 aliphatic rings. The zero-order valence-electron chi connectivity index (χ0n) is 17.1. The molecule has 2 atom stereocenters. The lowest BCUT2D eigenvalue weighted by molar-refractivity contribution is -0.134. The highest BCUT2D eigenvalue weighted by Gasteiger charge is 2.39. The molecule has 2 N–H and O–H groups in total. The summed E-state index contributed by atoms with van der Waals surface area (Å²) in [7, 11) is -7.39. The number of amides is 1. The van der Waals surface area contributed by atoms with E-state index in [1.807, 2.05) is 0 Å². The van der Waals surface area contributed by atoms with Crippen molar-refractivity contribution in [3.05, 3.63) is 53.6 Å². The van der Waals surface area contributed by atoms with Gasteiger partial charge >= 0.3 is 0 Å². The van der Waals surface area contributed by atoms with Crippen LogP contribution in [-0.2, 0) is 24.7 Å². The Hall–Kier alpha value is -2.18. The average molecular weight is 503 g/mol. The molecule has 0 radical (unpaired) electrons. The van der Waals surface area contributed by atoms with Crippen LogP contribution in [0.3, 0.4) is 0 Å². The Morgan fingerprint density at radius 3 is 2.19 bits per heavy atom. The predicted octanol–water partition coefficient (Wildman–Crippen LogP) is 2.45. The summed E-state index contributed by atoms with van der Waals surface area (Å²) < 4.78 is 56.3. The van der Waals surface area contributed by atoms with Gasteiger partial charge in [-0.2, -0.15) is 4.31 Å². The molecule has 0 spiro atoms. The maximum atomic E-state index is 12.9. The van der Waals surface area contributed by atoms with E-state index in [-0.39, 0.29) is 30.0 Å². The SMILES string of the molecule is CS(=O)(=O)N1CCC(CS(=O)(=O)c2ccc(Oc3ccc(Cl)cc3)cc2)CC1C(=O)NO. The van der Waals surface area contributed by atoms with Gasteiger partial charge in [-0.25, -0.2) is 22.3 Å². The van der Waals surface area contributed by atoms with Crippen molar-refractivity contribution in [1.29, 1.82) is 0 Å². The molecule has 0 saturated carbocycles. The largest absolute Gasteiger partial charge is 0.457 e. The van der Waals surface area contributed by atoms with Crippen molar-refractivity contribution in [3.8, 4) is 11.5 Å². The fourth-order valence-corrected chi connectivity index (χ4v) is 6.51. The molecule has 9 nitrogen and oxygen atoms in total. The number of carbonyl (C=O) groups excluding carboxylic acids is 1. The molecule has 1 aliphatic heterocycles. The highest BCUT2D eigenvalue weighted by Crippen LogP contribution is 2.29. The molecule has 0 bridgehead atoms. The summed E-state index contributed by atoms with van der Waals surface area (Å²) in [6.07, 6.45) is 1.23. The predicted molar refractivity (Wildman–Crippen MR) is 118 cm³/mol. The van der Waals surface area contributed by atoms with Gasteiger partial charge in [0.15, 0.2) is 9.84 Å². The first-order chi connectivity index (χ1) is 15.0. The van der Waals surface area contributed by atoms with Crippen molar-refractivity contribution >= 4 is 37.4 Å². The van der Waals surface area contributed by atoms with Crippen LogP contribution < -0.4 is 10.2 Å². The average Bonchev–Trinajstić information content (AvgIpc) is 2.74. The summed E-state index contributed by atoms with van der Waals surface area (Å²) in [5.41, 5.74) is 1.47. The van der Waals surface area contributed by atoms with Crippen LogP contribution in [0.15, 0.2) is 53.4 Å². The molecule has 174 valence electrons. The van der Waals surface area contributed by atoms with Crippen LogP contribution >= 0.6 is 11.6 Å². The van der Waals surface area contributed by atoms with Gasteiger partial charge in [0, 0.05) is 11.6 Å². The van der Waals surface area contributed by atoms with Gasteiger partial charge in [-0.1, -0.05) is 11.6 Å². The van der Waals surface area contributed by atoms with Gasteiger partial charge in [0.2, 0.25) is 10.0 Å². The number of nitrogens with zero attached hydrogens (tertiary/aromatic N) is 1. The summed E-state index contributed by atoms with van der Waals surface area (Å²) in [5, 5.41) is 9.52. The lowest BCUT2D eigenvalue weighted by atomic mass is 9.94. The third-order valence-corrected chi connectivity index (χ3v) is 8.63. The second-order valence-electron chi connectivity index (χ2n) is 7.56. The number of nitrogens with one attached hydrogen (secondary N) is 1. The lowest BCUT2D eigenvalue weighted by Crippen LogP contribution is -2.53. The highest BCUT2D eigenvalue weighted by molar-refractivity contribution is 7.91. The van der Waals surface area contributed by atoms with Crippen LogP contribution in [0.5, 0.6) is 11.5 Å². The van der Waals surface area contributed by atoms with E-state index in [2.05, 4.69) is 0 Å². The Morgan fingerprint density at radius 1 is 1.09 bits per heavy atom. The normalized spacial score (nSPS) is 20.0. The van der Waals surface area contributed by atoms with Gasteiger partial charge in [-0.3, -0.25) is 10.0 Å². The number of sulfonamides is 1. The van der Waals surface area contributed by atoms with Gasteiger partial charge < -0.3 is 4.74 Å². The van der Waals surface area contributed by atoms with Gasteiger partial charge in [-0.15, -0.1) is 0 Å². The molecule has 2 unspecified atom stereocenters. The second kappa shape index (κ2) is 9.75. The Kier molecular flexibility index (Phi) is 7.46. The molecular formula is C20H23ClN2O7S2. The lowest BCUT2D eigenvalue weighted by Gasteiger charge is -2.36. The van der Waals surface area contributed by atoms with E-state index in [1.54, 1.807) is 24.3 Å². The topological polar surface area (TPSA) is 130 Å². The molecule has 12 heteroatoms. The first kappa shape index (κ1) is 24.5. The first-order valence-corrected chi connectivity index (χ1v) is 13.5. The zero-order valence-corrected chi connectivity index (χ0v) is 19.5. The summed E-state index contributed by atoms with van der Waals surface area (Å²) >= 11 is 5.84. The van der Waals surface area contributed by atoms with E-state index in [0.29, 0.717) is 16.5 Å². The first-order valence-electron chi connectivity index (χ1n) is 9.66. The Morgan fingerprint density at radius 2 is 1.66 bits per heavy atom. The number of ether oxygens (including phenoxy) is 1. The molecule has 1 heterocycles. The number of carbonyl (C=O) groups is 1. The second-order valence-corrected chi connectivity index (χ2v) is 12.0. The van der Waals surface area contributed by atoms with Crippen LogP contribution in [0, 0.1) is 5.92 Å². The smallest absolute Gasteiger partial charge is 0.261 e. The van der Waals surface area contributed by atoms with E-state index in [0.717, 1.165) is 10.6 Å². The minimum atomic E-state index is -3.70. The van der Waals surface area contributed by atoms with Crippen LogP contribution in [0.25, 0.3) is 0 Å². The van der Waals surface area contributed by atoms with E-state index in [9.17, 15) is 21.6 Å². The van der Waals surface area contributed by atoms with Crippen molar-refractivity contribution in [2.24, 2.45) is 5.92 Å². The van der Waals surface area contributed by atoms with Crippen LogP contribution in [-0.4, -0.2) is 56.9 Å². The number of sulfone groups is 1. The maximum absolute atomic E-state index is 12.9. The Labute approximate surface area is 191 Å². The fraction of sp³-hybridized carbons (Fsp3) is 0.350. The number of hydroxylamine groups is 1. The van der Waals surface area contributed by atoms with Gasteiger partial charge in [-0.05, 0) is 67.3 Å². The van der Waals surface area contributed by atoms with Crippen molar-refractivity contribution in [2.75, 3.05) is 18.6 Å². The fourth-order valence-electron chi connectivity index (χ4n) is 3.64. The molecule has 2 aromatic rings. The zero-order chi connectivity index (χ0) is 23.5. The van der Waals surface area contributed by atoms with Crippen molar-refractivity contribution < 1.29 is 31.6 Å². The summed E-state index contributed by atoms with van der Waals surface area (Å²) in [4.78, 5) is 12.1. The van der Waals surface area contributed by atoms with Gasteiger partial charge in [0.25, 0.3) is 5.91 Å². The minimum absolute atomic E-state index is 0.00895. The Balaban J connectivity index is 1.70. The summed E-state index contributed by atoms with van der Waals surface area (Å²) in [6.45, 7) is -0.00895. The number of benzene rings is 2. The van der Waals surface area contributed by atoms with Crippen molar-refractivity contribution in [2.45, 2.75) is 23.8 Å².